The number of hydrogen-bond acceptors (Lipinski definition) is 4. The first-order chi connectivity index (χ1) is 17.5. The van der Waals surface area contributed by atoms with Gasteiger partial charge in [-0.3, -0.25) is 14.9 Å². The van der Waals surface area contributed by atoms with Gasteiger partial charge in [-0.1, -0.05) is 30.3 Å². The van der Waals surface area contributed by atoms with E-state index in [0.717, 1.165) is 19.3 Å². The van der Waals surface area contributed by atoms with Gasteiger partial charge in [-0.15, -0.1) is 0 Å². The molecule has 0 spiro atoms. The Balaban J connectivity index is 1.40. The molecule has 0 atom stereocenters. The molecule has 1 aliphatic heterocycles. The van der Waals surface area contributed by atoms with Gasteiger partial charge in [0.25, 0.3) is 11.6 Å². The van der Waals surface area contributed by atoms with Crippen LogP contribution in [0.15, 0.2) is 84.9 Å². The number of hydrogen-bond donors (Lipinski definition) is 0. The Bertz CT molecular complexity index is 1360. The summed E-state index contributed by atoms with van der Waals surface area (Å²) in [6.45, 7) is 1.29. The van der Waals surface area contributed by atoms with E-state index in [4.69, 9.17) is 0 Å². The number of amides is 1. The summed E-state index contributed by atoms with van der Waals surface area (Å²) in [5, 5.41) is 15.7. The number of carbonyl (C=O) groups is 1. The Morgan fingerprint density at radius 3 is 2.28 bits per heavy atom. The number of nitrogens with zero attached hydrogens (tertiary/aromatic N) is 4. The van der Waals surface area contributed by atoms with Crippen LogP contribution in [0.4, 0.5) is 10.1 Å². The van der Waals surface area contributed by atoms with Crippen LogP contribution in [0.1, 0.15) is 28.9 Å². The number of nitro benzene ring substituents is 1. The van der Waals surface area contributed by atoms with E-state index in [-0.39, 0.29) is 17.4 Å². The minimum absolute atomic E-state index is 0.0435. The van der Waals surface area contributed by atoms with Gasteiger partial charge in [-0.25, -0.2) is 9.07 Å². The Morgan fingerprint density at radius 2 is 1.64 bits per heavy atom. The van der Waals surface area contributed by atoms with Gasteiger partial charge in [0.1, 0.15) is 11.5 Å². The van der Waals surface area contributed by atoms with E-state index >= 15 is 0 Å². The molecular formula is C28H25FN4O3. The summed E-state index contributed by atoms with van der Waals surface area (Å²) >= 11 is 0. The SMILES string of the molecule is O=C(c1cc(-c2ccc(F)cc2)nn1-c1ccc([N+](=O)[O-])cc1)N1CCC(Cc2ccccc2)CC1. The minimum Gasteiger partial charge on any atom is -0.337 e. The van der Waals surface area contributed by atoms with E-state index in [9.17, 15) is 19.3 Å². The highest BCUT2D eigenvalue weighted by Gasteiger charge is 2.27. The predicted octanol–water partition coefficient (Wildman–Crippen LogP) is 5.68. The van der Waals surface area contributed by atoms with E-state index in [1.54, 1.807) is 30.3 Å². The monoisotopic (exact) mass is 484 g/mol. The number of piperidine rings is 1. The standard InChI is InChI=1S/C28H25FN4O3/c29-23-8-6-22(7-9-23)26-19-27(32(30-26)24-10-12-25(13-11-24)33(35)36)28(34)31-16-14-21(15-17-31)18-20-4-2-1-3-5-20/h1-13,19,21H,14-18H2. The molecule has 0 bridgehead atoms. The van der Waals surface area contributed by atoms with Crippen LogP contribution in [0, 0.1) is 21.8 Å². The second kappa shape index (κ2) is 10.1. The molecule has 2 heterocycles. The zero-order chi connectivity index (χ0) is 25.1. The molecule has 1 aromatic heterocycles. The zero-order valence-electron chi connectivity index (χ0n) is 19.6. The van der Waals surface area contributed by atoms with Gasteiger partial charge in [0.15, 0.2) is 0 Å². The summed E-state index contributed by atoms with van der Waals surface area (Å²) in [6, 6.07) is 23.9. The van der Waals surface area contributed by atoms with E-state index in [1.807, 2.05) is 23.1 Å². The Kier molecular flexibility index (Phi) is 6.58. The van der Waals surface area contributed by atoms with Crippen molar-refractivity contribution in [2.45, 2.75) is 19.3 Å². The van der Waals surface area contributed by atoms with Crippen LogP contribution in [0.5, 0.6) is 0 Å². The van der Waals surface area contributed by atoms with Gasteiger partial charge in [0.05, 0.1) is 16.3 Å². The van der Waals surface area contributed by atoms with Gasteiger partial charge >= 0.3 is 0 Å². The summed E-state index contributed by atoms with van der Waals surface area (Å²) in [5.74, 6) is 0.0152. The molecule has 8 heteroatoms. The van der Waals surface area contributed by atoms with Crippen LogP contribution in [-0.4, -0.2) is 38.6 Å². The number of carbonyl (C=O) groups excluding carboxylic acids is 1. The molecule has 0 saturated carbocycles. The van der Waals surface area contributed by atoms with Gasteiger partial charge in [-0.2, -0.15) is 5.10 Å². The lowest BCUT2D eigenvalue weighted by Gasteiger charge is -2.32. The van der Waals surface area contributed by atoms with Crippen molar-refractivity contribution >= 4 is 11.6 Å². The van der Waals surface area contributed by atoms with Crippen molar-refractivity contribution in [3.05, 3.63) is 112 Å². The van der Waals surface area contributed by atoms with Crippen LogP contribution in [0.2, 0.25) is 0 Å². The minimum atomic E-state index is -0.470. The van der Waals surface area contributed by atoms with Gasteiger partial charge in [0.2, 0.25) is 0 Å². The lowest BCUT2D eigenvalue weighted by molar-refractivity contribution is -0.384. The first-order valence-corrected chi connectivity index (χ1v) is 11.9. The fourth-order valence-corrected chi connectivity index (χ4v) is 4.66. The molecule has 1 aliphatic rings. The molecule has 3 aromatic carbocycles. The number of non-ortho nitro benzene ring substituents is 1. The van der Waals surface area contributed by atoms with Crippen molar-refractivity contribution in [3.63, 3.8) is 0 Å². The number of halogens is 1. The number of nitro groups is 1. The molecular weight excluding hydrogens is 459 g/mol. The van der Waals surface area contributed by atoms with Crippen molar-refractivity contribution < 1.29 is 14.1 Å². The Hall–Kier alpha value is -4.33. The summed E-state index contributed by atoms with van der Waals surface area (Å²) in [5.41, 5.74) is 3.37. The average molecular weight is 485 g/mol. The fourth-order valence-electron chi connectivity index (χ4n) is 4.66. The number of likely N-dealkylation sites (tertiary alicyclic amines) is 1. The molecule has 7 nitrogen and oxygen atoms in total. The predicted molar refractivity (Wildman–Crippen MR) is 134 cm³/mol. The molecule has 5 rings (SSSR count). The van der Waals surface area contributed by atoms with Crippen LogP contribution in [0.3, 0.4) is 0 Å². The molecule has 0 radical (unpaired) electrons. The van der Waals surface area contributed by atoms with E-state index in [0.29, 0.717) is 41.6 Å². The molecule has 1 amide bonds. The van der Waals surface area contributed by atoms with Crippen molar-refractivity contribution in [2.75, 3.05) is 13.1 Å². The normalized spacial score (nSPS) is 14.1. The first-order valence-electron chi connectivity index (χ1n) is 11.9. The number of aromatic nitrogens is 2. The molecule has 0 unspecified atom stereocenters. The van der Waals surface area contributed by atoms with E-state index < -0.39 is 4.92 Å². The molecule has 36 heavy (non-hydrogen) atoms. The molecule has 1 saturated heterocycles. The molecule has 182 valence electrons. The van der Waals surface area contributed by atoms with Gasteiger partial charge in [-0.05, 0) is 73.2 Å². The quantitative estimate of drug-likeness (QED) is 0.260. The summed E-state index contributed by atoms with van der Waals surface area (Å²) in [7, 11) is 0. The third-order valence-corrected chi connectivity index (χ3v) is 6.64. The number of rotatable bonds is 6. The van der Waals surface area contributed by atoms with Gasteiger partial charge in [0, 0.05) is 30.8 Å². The Labute approximate surface area is 207 Å². The zero-order valence-corrected chi connectivity index (χ0v) is 19.6. The molecule has 1 fully saturated rings. The third kappa shape index (κ3) is 5.02. The maximum Gasteiger partial charge on any atom is 0.272 e. The highest BCUT2D eigenvalue weighted by molar-refractivity contribution is 5.94. The van der Waals surface area contributed by atoms with Crippen molar-refractivity contribution in [2.24, 2.45) is 5.92 Å². The smallest absolute Gasteiger partial charge is 0.272 e. The van der Waals surface area contributed by atoms with Crippen molar-refractivity contribution in [1.29, 1.82) is 0 Å². The summed E-state index contributed by atoms with van der Waals surface area (Å²) in [4.78, 5) is 26.1. The molecule has 0 aliphatic carbocycles. The van der Waals surface area contributed by atoms with Crippen molar-refractivity contribution in [3.8, 4) is 16.9 Å². The molecule has 0 N–H and O–H groups in total. The van der Waals surface area contributed by atoms with E-state index in [2.05, 4.69) is 17.2 Å². The Morgan fingerprint density at radius 1 is 0.972 bits per heavy atom. The fraction of sp³-hybridized carbons (Fsp3) is 0.214. The largest absolute Gasteiger partial charge is 0.337 e. The maximum absolute atomic E-state index is 13.6. The van der Waals surface area contributed by atoms with Crippen LogP contribution >= 0.6 is 0 Å². The summed E-state index contributed by atoms with van der Waals surface area (Å²) in [6.07, 6.45) is 2.83. The van der Waals surface area contributed by atoms with E-state index in [1.165, 1.54) is 34.5 Å². The van der Waals surface area contributed by atoms with Crippen molar-refractivity contribution in [1.82, 2.24) is 14.7 Å². The first kappa shape index (κ1) is 23.4. The molecule has 4 aromatic rings. The van der Waals surface area contributed by atoms with Gasteiger partial charge < -0.3 is 4.90 Å². The topological polar surface area (TPSA) is 81.3 Å². The highest BCUT2D eigenvalue weighted by atomic mass is 19.1. The lowest BCUT2D eigenvalue weighted by Crippen LogP contribution is -2.39. The third-order valence-electron chi connectivity index (χ3n) is 6.64. The average Bonchev–Trinajstić information content (AvgIpc) is 3.35. The van der Waals surface area contributed by atoms with Crippen LogP contribution in [0.25, 0.3) is 16.9 Å². The summed E-state index contributed by atoms with van der Waals surface area (Å²) < 4.78 is 15.0. The van der Waals surface area contributed by atoms with Crippen LogP contribution in [-0.2, 0) is 6.42 Å². The second-order valence-electron chi connectivity index (χ2n) is 9.03. The number of benzene rings is 3. The highest BCUT2D eigenvalue weighted by Crippen LogP contribution is 2.27. The maximum atomic E-state index is 13.6. The van der Waals surface area contributed by atoms with Crippen LogP contribution < -0.4 is 0 Å². The second-order valence-corrected chi connectivity index (χ2v) is 9.03. The lowest BCUT2D eigenvalue weighted by atomic mass is 9.90.